The van der Waals surface area contributed by atoms with E-state index in [2.05, 4.69) is 140 Å². The van der Waals surface area contributed by atoms with Gasteiger partial charge in [-0.05, 0) is 153 Å². The molecule has 0 bridgehead atoms. The van der Waals surface area contributed by atoms with Crippen molar-refractivity contribution >= 4 is 0 Å². The van der Waals surface area contributed by atoms with Gasteiger partial charge in [0.15, 0.2) is 0 Å². The predicted octanol–water partition coefficient (Wildman–Crippen LogP) is 9.93. The van der Waals surface area contributed by atoms with Gasteiger partial charge in [0.25, 0.3) is 0 Å². The molecule has 2 aliphatic rings. The van der Waals surface area contributed by atoms with Crippen molar-refractivity contribution in [2.75, 3.05) is 14.1 Å². The minimum atomic E-state index is -0.135. The van der Waals surface area contributed by atoms with Crippen LogP contribution in [0.2, 0.25) is 0 Å². The number of phenolic OH excluding ortho intramolecular Hbond substituents is 1. The summed E-state index contributed by atoms with van der Waals surface area (Å²) < 4.78 is 0. The van der Waals surface area contributed by atoms with Gasteiger partial charge in [0.05, 0.1) is 0 Å². The average molecular weight is 582 g/mol. The molecule has 0 aromatic heterocycles. The molecule has 241 valence electrons. The lowest BCUT2D eigenvalue weighted by Crippen LogP contribution is -2.64. The van der Waals surface area contributed by atoms with Crippen molar-refractivity contribution < 1.29 is 5.11 Å². The highest BCUT2D eigenvalue weighted by Crippen LogP contribution is 2.59. The number of piperidine rings is 2. The van der Waals surface area contributed by atoms with Crippen molar-refractivity contribution in [1.82, 2.24) is 9.80 Å². The van der Waals surface area contributed by atoms with E-state index in [1.165, 1.54) is 31.2 Å². The van der Waals surface area contributed by atoms with Crippen molar-refractivity contribution in [2.24, 2.45) is 17.3 Å². The van der Waals surface area contributed by atoms with Crippen LogP contribution in [0.15, 0.2) is 12.1 Å². The molecule has 2 saturated heterocycles. The molecule has 1 aromatic carbocycles. The lowest BCUT2D eigenvalue weighted by atomic mass is 9.50. The standard InChI is InChI=1S/C39H69N2O/c1-18-19-39(28-23-35(8,9)40(16)36(10,11)24-28,29-25-37(12,13)41(17)38(14,15)26-29)22-27-20-30(33(2,3)4)32(42)31(21-27)34(5,6)7/h20-21,28-29,42H,1,18-19,22-26H2,2-17H3. The summed E-state index contributed by atoms with van der Waals surface area (Å²) in [6.45, 7) is 37.7. The van der Waals surface area contributed by atoms with Gasteiger partial charge >= 0.3 is 0 Å². The maximum Gasteiger partial charge on any atom is 0.123 e. The molecule has 0 spiro atoms. The van der Waals surface area contributed by atoms with Gasteiger partial charge in [-0.3, -0.25) is 9.80 Å². The Kier molecular flexibility index (Phi) is 9.34. The smallest absolute Gasteiger partial charge is 0.123 e. The monoisotopic (exact) mass is 582 g/mol. The molecule has 0 aliphatic carbocycles. The molecule has 2 aliphatic heterocycles. The lowest BCUT2D eigenvalue weighted by molar-refractivity contribution is -0.125. The van der Waals surface area contributed by atoms with Crippen molar-refractivity contribution in [3.8, 4) is 5.75 Å². The minimum Gasteiger partial charge on any atom is -0.507 e. The van der Waals surface area contributed by atoms with Crippen LogP contribution >= 0.6 is 0 Å². The SMILES string of the molecule is [CH2]CCC(Cc1cc(C(C)(C)C)c(O)c(C(C)(C)C)c1)(C1CC(C)(C)N(C)C(C)(C)C1)C1CC(C)(C)N(C)C(C)(C)C1. The van der Waals surface area contributed by atoms with Crippen LogP contribution in [-0.2, 0) is 17.3 Å². The van der Waals surface area contributed by atoms with Gasteiger partial charge in [-0.25, -0.2) is 0 Å². The molecule has 3 nitrogen and oxygen atoms in total. The zero-order chi connectivity index (χ0) is 32.5. The number of nitrogens with zero attached hydrogens (tertiary/aromatic N) is 2. The third-order valence-electron chi connectivity index (χ3n) is 12.2. The molecular weight excluding hydrogens is 512 g/mol. The van der Waals surface area contributed by atoms with Crippen LogP contribution in [0.5, 0.6) is 5.75 Å². The Labute approximate surface area is 262 Å². The summed E-state index contributed by atoms with van der Waals surface area (Å²) in [6.07, 6.45) is 7.97. The summed E-state index contributed by atoms with van der Waals surface area (Å²) in [5.74, 6) is 1.67. The Morgan fingerprint density at radius 3 is 1.26 bits per heavy atom. The lowest BCUT2D eigenvalue weighted by Gasteiger charge is -2.63. The van der Waals surface area contributed by atoms with Crippen LogP contribution < -0.4 is 0 Å². The Morgan fingerprint density at radius 1 is 0.690 bits per heavy atom. The van der Waals surface area contributed by atoms with Gasteiger partial charge in [-0.2, -0.15) is 0 Å². The summed E-state index contributed by atoms with van der Waals surface area (Å²) >= 11 is 0. The van der Waals surface area contributed by atoms with Gasteiger partial charge in [0.2, 0.25) is 0 Å². The Hall–Kier alpha value is -1.06. The fourth-order valence-corrected chi connectivity index (χ4v) is 9.32. The highest BCUT2D eigenvalue weighted by atomic mass is 16.3. The van der Waals surface area contributed by atoms with E-state index in [0.29, 0.717) is 17.6 Å². The summed E-state index contributed by atoms with van der Waals surface area (Å²) in [5.41, 5.74) is 3.91. The predicted molar refractivity (Wildman–Crippen MR) is 184 cm³/mol. The number of aromatic hydroxyl groups is 1. The fourth-order valence-electron chi connectivity index (χ4n) is 9.32. The highest BCUT2D eigenvalue weighted by molar-refractivity contribution is 5.50. The molecule has 0 saturated carbocycles. The third-order valence-corrected chi connectivity index (χ3v) is 12.2. The van der Waals surface area contributed by atoms with E-state index in [4.69, 9.17) is 0 Å². The number of phenols is 1. The number of likely N-dealkylation sites (tertiary alicyclic amines) is 2. The maximum absolute atomic E-state index is 11.6. The van der Waals surface area contributed by atoms with Gasteiger partial charge in [-0.1, -0.05) is 67.0 Å². The highest BCUT2D eigenvalue weighted by Gasteiger charge is 2.56. The Balaban J connectivity index is 2.34. The second-order valence-corrected chi connectivity index (χ2v) is 19.1. The van der Waals surface area contributed by atoms with E-state index in [1.54, 1.807) is 0 Å². The number of rotatable bonds is 6. The zero-order valence-corrected chi connectivity index (χ0v) is 30.8. The van der Waals surface area contributed by atoms with E-state index in [9.17, 15) is 5.11 Å². The molecular formula is C39H69N2O. The van der Waals surface area contributed by atoms with E-state index >= 15 is 0 Å². The number of hydrogen-bond donors (Lipinski definition) is 1. The summed E-state index contributed by atoms with van der Waals surface area (Å²) in [6, 6.07) is 4.75. The molecule has 2 fully saturated rings. The summed E-state index contributed by atoms with van der Waals surface area (Å²) in [4.78, 5) is 5.29. The Bertz CT molecular complexity index is 997. The molecule has 42 heavy (non-hydrogen) atoms. The van der Waals surface area contributed by atoms with Gasteiger partial charge in [0, 0.05) is 22.2 Å². The number of hydrogen-bond acceptors (Lipinski definition) is 3. The first kappa shape index (κ1) is 35.4. The van der Waals surface area contributed by atoms with E-state index in [0.717, 1.165) is 30.4 Å². The van der Waals surface area contributed by atoms with Crippen molar-refractivity contribution in [2.45, 2.75) is 175 Å². The first-order valence-electron chi connectivity index (χ1n) is 16.9. The van der Waals surface area contributed by atoms with E-state index in [1.807, 2.05) is 0 Å². The quantitative estimate of drug-likeness (QED) is 0.362. The molecule has 0 atom stereocenters. The molecule has 0 unspecified atom stereocenters. The van der Waals surface area contributed by atoms with E-state index < -0.39 is 0 Å². The molecule has 2 heterocycles. The van der Waals surface area contributed by atoms with Crippen LogP contribution in [0.1, 0.15) is 152 Å². The molecule has 3 heteroatoms. The van der Waals surface area contributed by atoms with Crippen LogP contribution in [0, 0.1) is 24.2 Å². The maximum atomic E-state index is 11.6. The van der Waals surface area contributed by atoms with Crippen LogP contribution in [0.4, 0.5) is 0 Å². The topological polar surface area (TPSA) is 26.7 Å². The van der Waals surface area contributed by atoms with Crippen LogP contribution in [0.25, 0.3) is 0 Å². The fraction of sp³-hybridized carbons (Fsp3) is 0.821. The van der Waals surface area contributed by atoms with Crippen LogP contribution in [-0.4, -0.2) is 51.2 Å². The second-order valence-electron chi connectivity index (χ2n) is 19.1. The zero-order valence-electron chi connectivity index (χ0n) is 30.8. The molecule has 0 amide bonds. The second kappa shape index (κ2) is 11.1. The van der Waals surface area contributed by atoms with Crippen molar-refractivity contribution in [3.63, 3.8) is 0 Å². The summed E-state index contributed by atoms with van der Waals surface area (Å²) in [7, 11) is 4.68. The molecule has 1 N–H and O–H groups in total. The first-order chi connectivity index (χ1) is 18.7. The molecule has 3 rings (SSSR count). The molecule has 1 aromatic rings. The molecule has 1 radical (unpaired) electrons. The van der Waals surface area contributed by atoms with Gasteiger partial charge in [-0.15, -0.1) is 0 Å². The average Bonchev–Trinajstić information content (AvgIpc) is 2.79. The normalized spacial score (nSPS) is 24.2. The third kappa shape index (κ3) is 6.63. The first-order valence-corrected chi connectivity index (χ1v) is 16.9. The van der Waals surface area contributed by atoms with Gasteiger partial charge in [0.1, 0.15) is 5.75 Å². The summed E-state index contributed by atoms with van der Waals surface area (Å²) in [5, 5.41) is 11.6. The Morgan fingerprint density at radius 2 is 1.00 bits per heavy atom. The minimum absolute atomic E-state index is 0.120. The van der Waals surface area contributed by atoms with E-state index in [-0.39, 0.29) is 38.4 Å². The van der Waals surface area contributed by atoms with Crippen molar-refractivity contribution in [3.05, 3.63) is 35.7 Å². The number of benzene rings is 1. The van der Waals surface area contributed by atoms with Crippen LogP contribution in [0.3, 0.4) is 0 Å². The van der Waals surface area contributed by atoms with Crippen molar-refractivity contribution in [1.29, 1.82) is 0 Å². The van der Waals surface area contributed by atoms with Gasteiger partial charge < -0.3 is 5.11 Å². The largest absolute Gasteiger partial charge is 0.507 e.